The van der Waals surface area contributed by atoms with Crippen molar-refractivity contribution in [2.24, 2.45) is 4.99 Å². The van der Waals surface area contributed by atoms with Crippen LogP contribution in [0.15, 0.2) is 22.5 Å². The highest BCUT2D eigenvalue weighted by Gasteiger charge is 2.20. The number of aliphatic imine (C=N–C) groups is 1. The van der Waals surface area contributed by atoms with E-state index in [1.807, 2.05) is 6.07 Å². The highest BCUT2D eigenvalue weighted by Crippen LogP contribution is 2.10. The molecule has 0 radical (unpaired) electrons. The lowest BCUT2D eigenvalue weighted by atomic mass is 10.1. The van der Waals surface area contributed by atoms with Gasteiger partial charge in [-0.05, 0) is 24.3 Å². The van der Waals surface area contributed by atoms with Crippen LogP contribution in [0, 0.1) is 0 Å². The Morgan fingerprint density at radius 3 is 2.81 bits per heavy atom. The Labute approximate surface area is 160 Å². The lowest BCUT2D eigenvalue weighted by Gasteiger charge is -2.32. The van der Waals surface area contributed by atoms with E-state index in [9.17, 15) is 4.79 Å². The molecule has 1 fully saturated rings. The summed E-state index contributed by atoms with van der Waals surface area (Å²) in [7, 11) is 5.24. The van der Waals surface area contributed by atoms with Crippen LogP contribution in [-0.4, -0.2) is 81.7 Å². The quantitative estimate of drug-likeness (QED) is 0.519. The number of nitrogens with zero attached hydrogens (tertiary/aromatic N) is 3. The first-order valence-corrected chi connectivity index (χ1v) is 9.95. The minimum absolute atomic E-state index is 0.00314. The molecular weight excluding hydrogens is 350 g/mol. The molecule has 2 N–H and O–H groups in total. The van der Waals surface area contributed by atoms with E-state index in [4.69, 9.17) is 4.74 Å². The van der Waals surface area contributed by atoms with Crippen molar-refractivity contribution in [3.63, 3.8) is 0 Å². The molecular formula is C18H31N5O2S. The molecule has 0 unspecified atom stereocenters. The van der Waals surface area contributed by atoms with Gasteiger partial charge in [0, 0.05) is 51.8 Å². The zero-order valence-electron chi connectivity index (χ0n) is 16.0. The SMILES string of the molecule is COCCN1CCC(NC(=NCC(=O)N(C)C)NCc2cccs2)CC1. The van der Waals surface area contributed by atoms with Crippen molar-refractivity contribution in [1.82, 2.24) is 20.4 Å². The third kappa shape index (κ3) is 7.31. The molecule has 8 heteroatoms. The number of nitrogens with one attached hydrogen (secondary N) is 2. The predicted molar refractivity (Wildman–Crippen MR) is 107 cm³/mol. The molecule has 0 aromatic carbocycles. The van der Waals surface area contributed by atoms with E-state index in [1.165, 1.54) is 4.88 Å². The van der Waals surface area contributed by atoms with Crippen molar-refractivity contribution in [2.75, 3.05) is 54.0 Å². The van der Waals surface area contributed by atoms with Gasteiger partial charge in [0.2, 0.25) is 5.91 Å². The van der Waals surface area contributed by atoms with E-state index in [1.54, 1.807) is 37.4 Å². The first-order valence-electron chi connectivity index (χ1n) is 9.07. The summed E-state index contributed by atoms with van der Waals surface area (Å²) in [5, 5.41) is 8.92. The number of hydrogen-bond acceptors (Lipinski definition) is 5. The molecule has 0 atom stereocenters. The van der Waals surface area contributed by atoms with Gasteiger partial charge in [-0.2, -0.15) is 0 Å². The molecule has 0 saturated carbocycles. The van der Waals surface area contributed by atoms with Crippen LogP contribution < -0.4 is 10.6 Å². The summed E-state index contributed by atoms with van der Waals surface area (Å²) in [5.74, 6) is 0.709. The van der Waals surface area contributed by atoms with E-state index in [-0.39, 0.29) is 12.5 Å². The second kappa shape index (κ2) is 11.2. The molecule has 146 valence electrons. The largest absolute Gasteiger partial charge is 0.383 e. The number of amides is 1. The van der Waals surface area contributed by atoms with Gasteiger partial charge in [0.15, 0.2) is 5.96 Å². The van der Waals surface area contributed by atoms with E-state index < -0.39 is 0 Å². The summed E-state index contributed by atoms with van der Waals surface area (Å²) < 4.78 is 5.16. The summed E-state index contributed by atoms with van der Waals surface area (Å²) >= 11 is 1.71. The van der Waals surface area contributed by atoms with Crippen molar-refractivity contribution >= 4 is 23.2 Å². The molecule has 1 aromatic rings. The maximum absolute atomic E-state index is 11.9. The fourth-order valence-electron chi connectivity index (χ4n) is 2.74. The molecule has 1 amide bonds. The maximum atomic E-state index is 11.9. The molecule has 1 aliphatic heterocycles. The number of hydrogen-bond donors (Lipinski definition) is 2. The summed E-state index contributed by atoms with van der Waals surface area (Å²) in [5.41, 5.74) is 0. The van der Waals surface area contributed by atoms with Crippen molar-refractivity contribution < 1.29 is 9.53 Å². The first kappa shape index (κ1) is 20.7. The number of likely N-dealkylation sites (tertiary alicyclic amines) is 1. The van der Waals surface area contributed by atoms with Crippen LogP contribution in [-0.2, 0) is 16.1 Å². The van der Waals surface area contributed by atoms with Gasteiger partial charge in [-0.25, -0.2) is 4.99 Å². The molecule has 7 nitrogen and oxygen atoms in total. The number of thiophene rings is 1. The molecule has 1 saturated heterocycles. The monoisotopic (exact) mass is 381 g/mol. The van der Waals surface area contributed by atoms with E-state index >= 15 is 0 Å². The highest BCUT2D eigenvalue weighted by molar-refractivity contribution is 7.09. The first-order chi connectivity index (χ1) is 12.6. The number of rotatable bonds is 8. The molecule has 1 aliphatic rings. The number of piperidine rings is 1. The average Bonchev–Trinajstić information content (AvgIpc) is 3.16. The molecule has 2 heterocycles. The summed E-state index contributed by atoms with van der Waals surface area (Å²) in [4.78, 5) is 21.6. The molecule has 0 bridgehead atoms. The Balaban J connectivity index is 1.86. The number of guanidine groups is 1. The van der Waals surface area contributed by atoms with E-state index in [0.717, 1.165) is 39.1 Å². The number of likely N-dealkylation sites (N-methyl/N-ethyl adjacent to an activating group) is 1. The minimum atomic E-state index is -0.00314. The molecule has 1 aromatic heterocycles. The number of ether oxygens (including phenoxy) is 1. The Bertz CT molecular complexity index is 554. The van der Waals surface area contributed by atoms with E-state index in [0.29, 0.717) is 18.5 Å². The summed E-state index contributed by atoms with van der Waals surface area (Å²) in [6.07, 6.45) is 2.12. The van der Waals surface area contributed by atoms with Crippen molar-refractivity contribution in [2.45, 2.75) is 25.4 Å². The number of carbonyl (C=O) groups is 1. The molecule has 0 aliphatic carbocycles. The second-order valence-electron chi connectivity index (χ2n) is 6.64. The maximum Gasteiger partial charge on any atom is 0.243 e. The van der Waals surface area contributed by atoms with Gasteiger partial charge in [-0.15, -0.1) is 11.3 Å². The zero-order valence-corrected chi connectivity index (χ0v) is 16.8. The average molecular weight is 382 g/mol. The highest BCUT2D eigenvalue weighted by atomic mass is 32.1. The van der Waals surface area contributed by atoms with Gasteiger partial charge < -0.3 is 25.2 Å². The van der Waals surface area contributed by atoms with Gasteiger partial charge in [0.05, 0.1) is 13.2 Å². The van der Waals surface area contributed by atoms with Gasteiger partial charge in [-0.3, -0.25) is 4.79 Å². The summed E-state index contributed by atoms with van der Waals surface area (Å²) in [6.45, 7) is 4.73. The van der Waals surface area contributed by atoms with Gasteiger partial charge in [-0.1, -0.05) is 6.07 Å². The van der Waals surface area contributed by atoms with Crippen LogP contribution in [0.2, 0.25) is 0 Å². The fourth-order valence-corrected chi connectivity index (χ4v) is 3.38. The van der Waals surface area contributed by atoms with Crippen LogP contribution in [0.5, 0.6) is 0 Å². The Morgan fingerprint density at radius 1 is 1.42 bits per heavy atom. The van der Waals surface area contributed by atoms with Crippen LogP contribution in [0.1, 0.15) is 17.7 Å². The van der Waals surface area contributed by atoms with Gasteiger partial charge >= 0.3 is 0 Å². The van der Waals surface area contributed by atoms with Crippen LogP contribution in [0.3, 0.4) is 0 Å². The van der Waals surface area contributed by atoms with Gasteiger partial charge in [0.1, 0.15) is 6.54 Å². The molecule has 0 spiro atoms. The Morgan fingerprint density at radius 2 is 2.19 bits per heavy atom. The third-order valence-corrected chi connectivity index (χ3v) is 5.30. The minimum Gasteiger partial charge on any atom is -0.383 e. The Hall–Kier alpha value is -1.64. The topological polar surface area (TPSA) is 69.2 Å². The van der Waals surface area contributed by atoms with Crippen molar-refractivity contribution in [1.29, 1.82) is 0 Å². The van der Waals surface area contributed by atoms with E-state index in [2.05, 4.69) is 32.0 Å². The van der Waals surface area contributed by atoms with Crippen molar-refractivity contribution in [3.05, 3.63) is 22.4 Å². The molecule has 26 heavy (non-hydrogen) atoms. The molecule has 2 rings (SSSR count). The standard InChI is InChI=1S/C18H31N5O2S/c1-22(2)17(24)14-20-18(19-13-16-5-4-12-26-16)21-15-6-8-23(9-7-15)10-11-25-3/h4-5,12,15H,6-11,13-14H2,1-3H3,(H2,19,20,21). The number of carbonyl (C=O) groups excluding carboxylic acids is 1. The van der Waals surface area contributed by atoms with Crippen molar-refractivity contribution in [3.8, 4) is 0 Å². The normalized spacial score (nSPS) is 16.5. The lowest BCUT2D eigenvalue weighted by Crippen LogP contribution is -2.49. The predicted octanol–water partition coefficient (Wildman–Crippen LogP) is 0.982. The summed E-state index contributed by atoms with van der Waals surface area (Å²) in [6, 6.07) is 4.50. The Kier molecular flexibility index (Phi) is 8.87. The second-order valence-corrected chi connectivity index (χ2v) is 7.67. The van der Waals surface area contributed by atoms with Crippen LogP contribution in [0.4, 0.5) is 0 Å². The fraction of sp³-hybridized carbons (Fsp3) is 0.667. The smallest absolute Gasteiger partial charge is 0.243 e. The zero-order chi connectivity index (χ0) is 18.8. The lowest BCUT2D eigenvalue weighted by molar-refractivity contribution is -0.127. The van der Waals surface area contributed by atoms with Crippen LogP contribution in [0.25, 0.3) is 0 Å². The van der Waals surface area contributed by atoms with Gasteiger partial charge in [0.25, 0.3) is 0 Å². The number of methoxy groups -OCH3 is 1. The third-order valence-electron chi connectivity index (χ3n) is 4.42. The van der Waals surface area contributed by atoms with Crippen LogP contribution >= 0.6 is 11.3 Å².